The molecule has 0 saturated heterocycles. The first-order valence-electron chi connectivity index (χ1n) is 5.70. The minimum atomic E-state index is -0.971. The Kier molecular flexibility index (Phi) is 6.47. The first-order valence-corrected chi connectivity index (χ1v) is 5.70. The molecule has 1 aliphatic rings. The van der Waals surface area contributed by atoms with Crippen molar-refractivity contribution < 1.29 is 22.7 Å². The fourth-order valence-corrected chi connectivity index (χ4v) is 2.79. The molecule has 2 N–H and O–H groups in total. The summed E-state index contributed by atoms with van der Waals surface area (Å²) in [4.78, 5) is 22.3. The first kappa shape index (κ1) is 17.2. The van der Waals surface area contributed by atoms with Crippen molar-refractivity contribution in [2.24, 2.45) is 23.2 Å². The molecule has 96 valence electrons. The van der Waals surface area contributed by atoms with E-state index < -0.39 is 23.8 Å². The molecule has 0 heterocycles. The van der Waals surface area contributed by atoms with Crippen molar-refractivity contribution >= 4 is 49.7 Å². The second kappa shape index (κ2) is 6.39. The van der Waals surface area contributed by atoms with Crippen LogP contribution in [0.1, 0.15) is 42.9 Å². The van der Waals surface area contributed by atoms with E-state index in [9.17, 15) is 14.7 Å². The molecule has 0 aromatic carbocycles. The molecule has 4 nitrogen and oxygen atoms in total. The molecule has 3 atom stereocenters. The summed E-state index contributed by atoms with van der Waals surface area (Å²) < 4.78 is 0. The van der Waals surface area contributed by atoms with Gasteiger partial charge in [0, 0.05) is 0 Å². The standard InChI is InChI=1S/C12H20O4.Ca.2H/c1-12(2,3)8-6-4-5-7(10(13)14)9(8)11(15)16;;;/h7-9H,4-6H2,1-3H3,(H,13,14)(H,15,16);;;/q;+2;2*-1. The van der Waals surface area contributed by atoms with Crippen molar-refractivity contribution in [1.29, 1.82) is 0 Å². The summed E-state index contributed by atoms with van der Waals surface area (Å²) in [6.07, 6.45) is 2.10. The van der Waals surface area contributed by atoms with Crippen LogP contribution in [0.15, 0.2) is 0 Å². The minimum absolute atomic E-state index is 0. The average molecular weight is 270 g/mol. The van der Waals surface area contributed by atoms with Crippen LogP contribution < -0.4 is 0 Å². The number of hydrogen-bond acceptors (Lipinski definition) is 2. The fourth-order valence-electron chi connectivity index (χ4n) is 2.79. The van der Waals surface area contributed by atoms with Crippen molar-refractivity contribution in [3.8, 4) is 0 Å². The van der Waals surface area contributed by atoms with Gasteiger partial charge in [-0.05, 0) is 24.2 Å². The predicted octanol–water partition coefficient (Wildman–Crippen LogP) is 2.08. The summed E-state index contributed by atoms with van der Waals surface area (Å²) >= 11 is 0. The van der Waals surface area contributed by atoms with E-state index in [1.54, 1.807) is 0 Å². The molecular weight excluding hydrogens is 248 g/mol. The normalized spacial score (nSPS) is 29.2. The molecule has 1 fully saturated rings. The van der Waals surface area contributed by atoms with Gasteiger partial charge in [0.15, 0.2) is 0 Å². The van der Waals surface area contributed by atoms with E-state index in [4.69, 9.17) is 5.11 Å². The zero-order valence-corrected chi connectivity index (χ0v) is 13.0. The Morgan fingerprint density at radius 2 is 1.65 bits per heavy atom. The molecule has 0 amide bonds. The Labute approximate surface area is 135 Å². The quantitative estimate of drug-likeness (QED) is 0.753. The summed E-state index contributed by atoms with van der Waals surface area (Å²) in [7, 11) is 0. The third-order valence-electron chi connectivity index (χ3n) is 3.61. The van der Waals surface area contributed by atoms with Gasteiger partial charge in [-0.15, -0.1) is 0 Å². The summed E-state index contributed by atoms with van der Waals surface area (Å²) in [5.74, 6) is -3.46. The second-order valence-electron chi connectivity index (χ2n) is 5.71. The number of carbonyl (C=O) groups is 2. The molecule has 3 unspecified atom stereocenters. The maximum absolute atomic E-state index is 11.3. The Morgan fingerprint density at radius 3 is 2.00 bits per heavy atom. The van der Waals surface area contributed by atoms with Crippen LogP contribution in [-0.4, -0.2) is 59.9 Å². The van der Waals surface area contributed by atoms with Crippen LogP contribution in [-0.2, 0) is 9.59 Å². The molecule has 0 bridgehead atoms. The van der Waals surface area contributed by atoms with Gasteiger partial charge in [-0.2, -0.15) is 0 Å². The van der Waals surface area contributed by atoms with E-state index in [1.807, 2.05) is 20.8 Å². The van der Waals surface area contributed by atoms with Gasteiger partial charge in [0.05, 0.1) is 11.8 Å². The van der Waals surface area contributed by atoms with Crippen molar-refractivity contribution in [2.75, 3.05) is 0 Å². The van der Waals surface area contributed by atoms with Crippen molar-refractivity contribution in [3.63, 3.8) is 0 Å². The van der Waals surface area contributed by atoms with Crippen LogP contribution in [0.2, 0.25) is 0 Å². The van der Waals surface area contributed by atoms with E-state index in [2.05, 4.69) is 0 Å². The van der Waals surface area contributed by atoms with Crippen molar-refractivity contribution in [2.45, 2.75) is 40.0 Å². The molecule has 1 aliphatic carbocycles. The van der Waals surface area contributed by atoms with Crippen LogP contribution >= 0.6 is 0 Å². The number of hydrogen-bond donors (Lipinski definition) is 2. The summed E-state index contributed by atoms with van der Waals surface area (Å²) in [5.41, 5.74) is -0.156. The molecule has 1 saturated carbocycles. The molecule has 0 aromatic rings. The molecule has 0 aromatic heterocycles. The molecular formula is C12H22CaO4. The Morgan fingerprint density at radius 1 is 1.12 bits per heavy atom. The zero-order valence-electron chi connectivity index (χ0n) is 12.8. The predicted molar refractivity (Wildman–Crippen MR) is 67.0 cm³/mol. The minimum Gasteiger partial charge on any atom is -1.00 e. The summed E-state index contributed by atoms with van der Waals surface area (Å²) in [5, 5.41) is 18.3. The summed E-state index contributed by atoms with van der Waals surface area (Å²) in [6.45, 7) is 5.95. The summed E-state index contributed by atoms with van der Waals surface area (Å²) in [6, 6.07) is 0. The fraction of sp³-hybridized carbons (Fsp3) is 0.833. The van der Waals surface area contributed by atoms with Gasteiger partial charge in [0.1, 0.15) is 0 Å². The van der Waals surface area contributed by atoms with E-state index in [0.29, 0.717) is 6.42 Å². The smallest absolute Gasteiger partial charge is 1.00 e. The molecule has 0 aliphatic heterocycles. The van der Waals surface area contributed by atoms with E-state index in [-0.39, 0.29) is 51.9 Å². The van der Waals surface area contributed by atoms with Crippen LogP contribution in [0, 0.1) is 23.2 Å². The SMILES string of the molecule is CC(C)(C)C1CCCC(C(=O)O)C1C(=O)O.[Ca+2].[H-].[H-]. The molecule has 0 spiro atoms. The first-order chi connectivity index (χ1) is 7.25. The van der Waals surface area contributed by atoms with E-state index >= 15 is 0 Å². The van der Waals surface area contributed by atoms with E-state index in [1.165, 1.54) is 0 Å². The Bertz CT molecular complexity index is 305. The number of carboxylic acid groups (broad SMARTS) is 2. The van der Waals surface area contributed by atoms with Gasteiger partial charge < -0.3 is 13.1 Å². The number of aliphatic carboxylic acids is 2. The topological polar surface area (TPSA) is 74.6 Å². The zero-order chi connectivity index (χ0) is 12.5. The molecule has 1 rings (SSSR count). The Hall–Kier alpha value is 0.200. The monoisotopic (exact) mass is 270 g/mol. The van der Waals surface area contributed by atoms with Gasteiger partial charge in [0.25, 0.3) is 0 Å². The molecule has 0 radical (unpaired) electrons. The Balaban J connectivity index is -0.000000853. The van der Waals surface area contributed by atoms with Crippen molar-refractivity contribution in [3.05, 3.63) is 0 Å². The largest absolute Gasteiger partial charge is 2.00 e. The second-order valence-corrected chi connectivity index (χ2v) is 5.71. The third kappa shape index (κ3) is 4.11. The van der Waals surface area contributed by atoms with Gasteiger partial charge in [-0.25, -0.2) is 0 Å². The van der Waals surface area contributed by atoms with Gasteiger partial charge in [-0.3, -0.25) is 9.59 Å². The third-order valence-corrected chi connectivity index (χ3v) is 3.61. The maximum atomic E-state index is 11.3. The number of carboxylic acids is 2. The maximum Gasteiger partial charge on any atom is 2.00 e. The van der Waals surface area contributed by atoms with Crippen LogP contribution in [0.5, 0.6) is 0 Å². The van der Waals surface area contributed by atoms with Gasteiger partial charge in [0.2, 0.25) is 0 Å². The van der Waals surface area contributed by atoms with Crippen LogP contribution in [0.4, 0.5) is 0 Å². The number of rotatable bonds is 2. The molecule has 5 heteroatoms. The van der Waals surface area contributed by atoms with Gasteiger partial charge >= 0.3 is 49.7 Å². The van der Waals surface area contributed by atoms with Crippen LogP contribution in [0.25, 0.3) is 0 Å². The molecule has 17 heavy (non-hydrogen) atoms. The van der Waals surface area contributed by atoms with Crippen LogP contribution in [0.3, 0.4) is 0 Å². The van der Waals surface area contributed by atoms with E-state index in [0.717, 1.165) is 12.8 Å². The average Bonchev–Trinajstić information content (AvgIpc) is 2.14. The van der Waals surface area contributed by atoms with Crippen molar-refractivity contribution in [1.82, 2.24) is 0 Å². The van der Waals surface area contributed by atoms with Gasteiger partial charge in [-0.1, -0.05) is 27.2 Å².